The fraction of sp³-hybridized carbons (Fsp3) is 0.250. The van der Waals surface area contributed by atoms with Crippen molar-refractivity contribution in [2.24, 2.45) is 0 Å². The maximum Gasteiger partial charge on any atom is 0.143 e. The molecule has 186 valence electrons. The molecule has 4 aromatic rings. The number of rotatable bonds is 6. The maximum absolute atomic E-state index is 13.6. The highest BCUT2D eigenvalue weighted by Gasteiger charge is 2.37. The molecular weight excluding hydrogens is 454 g/mol. The first-order chi connectivity index (χ1) is 17.6. The van der Waals surface area contributed by atoms with Gasteiger partial charge in [-0.15, -0.1) is 0 Å². The highest BCUT2D eigenvalue weighted by molar-refractivity contribution is 5.47. The van der Waals surface area contributed by atoms with Crippen molar-refractivity contribution in [3.8, 4) is 0 Å². The number of ether oxygens (including phenoxy) is 2. The summed E-state index contributed by atoms with van der Waals surface area (Å²) in [6.45, 7) is 2.62. The molecule has 1 fully saturated rings. The zero-order valence-electron chi connectivity index (χ0n) is 20.8. The minimum atomic E-state index is -0.580. The van der Waals surface area contributed by atoms with Gasteiger partial charge in [-0.1, -0.05) is 104 Å². The molecule has 0 radical (unpaired) electrons. The Kier molecular flexibility index (Phi) is 8.29. The van der Waals surface area contributed by atoms with Gasteiger partial charge >= 0.3 is 0 Å². The lowest BCUT2D eigenvalue weighted by atomic mass is 9.80. The van der Waals surface area contributed by atoms with Gasteiger partial charge in [0, 0.05) is 25.3 Å². The van der Waals surface area contributed by atoms with Crippen molar-refractivity contribution in [2.45, 2.75) is 37.4 Å². The van der Waals surface area contributed by atoms with Crippen molar-refractivity contribution in [1.29, 1.82) is 0 Å². The molecule has 0 unspecified atom stereocenters. The SMILES string of the molecule is CC[C@]1(c2ccc(F)cc2F)CCCO1.COC(c1ccccc1)(c1ccccc1)c1ccccc1. The normalized spacial score (nSPS) is 17.3. The quantitative estimate of drug-likeness (QED) is 0.257. The van der Waals surface area contributed by atoms with Crippen LogP contribution in [0.2, 0.25) is 0 Å². The van der Waals surface area contributed by atoms with Crippen molar-refractivity contribution in [3.05, 3.63) is 143 Å². The highest BCUT2D eigenvalue weighted by Crippen LogP contribution is 2.41. The van der Waals surface area contributed by atoms with Gasteiger partial charge in [0.2, 0.25) is 0 Å². The van der Waals surface area contributed by atoms with Crippen LogP contribution in [0.25, 0.3) is 0 Å². The lowest BCUT2D eigenvalue weighted by Crippen LogP contribution is -2.31. The van der Waals surface area contributed by atoms with Crippen LogP contribution in [-0.4, -0.2) is 13.7 Å². The van der Waals surface area contributed by atoms with Gasteiger partial charge in [-0.3, -0.25) is 0 Å². The molecular formula is C32H32F2O2. The number of hydrogen-bond acceptors (Lipinski definition) is 2. The molecule has 0 spiro atoms. The third-order valence-electron chi connectivity index (χ3n) is 6.94. The average Bonchev–Trinajstić information content (AvgIpc) is 3.42. The van der Waals surface area contributed by atoms with E-state index in [1.54, 1.807) is 7.11 Å². The van der Waals surface area contributed by atoms with Crippen LogP contribution in [0.15, 0.2) is 109 Å². The summed E-state index contributed by atoms with van der Waals surface area (Å²) in [5.74, 6) is -1.04. The summed E-state index contributed by atoms with van der Waals surface area (Å²) in [6, 6.07) is 34.8. The van der Waals surface area contributed by atoms with Crippen LogP contribution in [0.5, 0.6) is 0 Å². The Hall–Kier alpha value is -3.34. The molecule has 0 amide bonds. The van der Waals surface area contributed by atoms with Crippen LogP contribution >= 0.6 is 0 Å². The van der Waals surface area contributed by atoms with Crippen molar-refractivity contribution in [3.63, 3.8) is 0 Å². The molecule has 0 aliphatic carbocycles. The summed E-state index contributed by atoms with van der Waals surface area (Å²) in [5.41, 5.74) is 2.77. The third-order valence-corrected chi connectivity index (χ3v) is 6.94. The first-order valence-electron chi connectivity index (χ1n) is 12.4. The van der Waals surface area contributed by atoms with Gasteiger partial charge in [0.25, 0.3) is 0 Å². The number of halogens is 2. The Balaban J connectivity index is 0.000000179. The van der Waals surface area contributed by atoms with E-state index in [1.807, 2.05) is 25.1 Å². The molecule has 4 aromatic carbocycles. The lowest BCUT2D eigenvalue weighted by Gasteiger charge is -2.34. The van der Waals surface area contributed by atoms with E-state index in [-0.39, 0.29) is 0 Å². The van der Waals surface area contributed by atoms with Crippen molar-refractivity contribution in [1.82, 2.24) is 0 Å². The lowest BCUT2D eigenvalue weighted by molar-refractivity contribution is -0.00597. The first-order valence-corrected chi connectivity index (χ1v) is 12.4. The van der Waals surface area contributed by atoms with E-state index in [0.717, 1.165) is 42.0 Å². The smallest absolute Gasteiger partial charge is 0.143 e. The molecule has 0 N–H and O–H groups in total. The molecule has 1 atom stereocenters. The molecule has 4 heteroatoms. The molecule has 1 aliphatic rings. The molecule has 0 saturated carbocycles. The standard InChI is InChI=1S/C20H18O.C12H14F2O/c1-21-20(17-11-5-2-6-12-17,18-13-7-3-8-14-18)19-15-9-4-10-16-19;1-2-12(6-3-7-15-12)10-5-4-9(13)8-11(10)14/h2-16H,1H3;4-5,8H,2-3,6-7H2,1H3/t;12-/m.1/s1. The van der Waals surface area contributed by atoms with Gasteiger partial charge < -0.3 is 9.47 Å². The van der Waals surface area contributed by atoms with E-state index in [1.165, 1.54) is 12.1 Å². The fourth-order valence-electron chi connectivity index (χ4n) is 5.11. The number of methoxy groups -OCH3 is 1. The zero-order valence-corrected chi connectivity index (χ0v) is 20.8. The van der Waals surface area contributed by atoms with Gasteiger partial charge in [-0.05, 0) is 42.0 Å². The Morgan fingerprint density at radius 2 is 1.28 bits per heavy atom. The van der Waals surface area contributed by atoms with Crippen LogP contribution in [0, 0.1) is 11.6 Å². The number of benzene rings is 4. The predicted molar refractivity (Wildman–Crippen MR) is 140 cm³/mol. The minimum absolute atomic E-state index is 0.490. The van der Waals surface area contributed by atoms with E-state index >= 15 is 0 Å². The highest BCUT2D eigenvalue weighted by atomic mass is 19.1. The first kappa shape index (κ1) is 25.7. The van der Waals surface area contributed by atoms with Gasteiger partial charge in [0.05, 0.1) is 5.60 Å². The fourth-order valence-corrected chi connectivity index (χ4v) is 5.11. The van der Waals surface area contributed by atoms with Crippen molar-refractivity contribution < 1.29 is 18.3 Å². The Labute approximate surface area is 212 Å². The van der Waals surface area contributed by atoms with E-state index in [4.69, 9.17) is 9.47 Å². The second kappa shape index (κ2) is 11.6. The predicted octanol–water partition coefficient (Wildman–Crippen LogP) is 8.01. The van der Waals surface area contributed by atoms with Gasteiger partial charge in [-0.25, -0.2) is 8.78 Å². The number of hydrogen-bond donors (Lipinski definition) is 0. The van der Waals surface area contributed by atoms with E-state index in [0.29, 0.717) is 12.2 Å². The molecule has 0 bridgehead atoms. The second-order valence-corrected chi connectivity index (χ2v) is 8.91. The molecule has 5 rings (SSSR count). The van der Waals surface area contributed by atoms with E-state index in [2.05, 4.69) is 72.8 Å². The summed E-state index contributed by atoms with van der Waals surface area (Å²) in [7, 11) is 1.77. The van der Waals surface area contributed by atoms with Crippen LogP contribution in [0.4, 0.5) is 8.78 Å². The summed E-state index contributed by atoms with van der Waals surface area (Å²) in [4.78, 5) is 0. The molecule has 1 aliphatic heterocycles. The summed E-state index contributed by atoms with van der Waals surface area (Å²) >= 11 is 0. The molecule has 2 nitrogen and oxygen atoms in total. The third kappa shape index (κ3) is 5.11. The second-order valence-electron chi connectivity index (χ2n) is 8.91. The van der Waals surface area contributed by atoms with E-state index in [9.17, 15) is 8.78 Å². The Morgan fingerprint density at radius 3 is 1.64 bits per heavy atom. The Bertz CT molecular complexity index is 1120. The van der Waals surface area contributed by atoms with Crippen LogP contribution in [0.3, 0.4) is 0 Å². The average molecular weight is 487 g/mol. The van der Waals surface area contributed by atoms with Gasteiger partial charge in [0.15, 0.2) is 0 Å². The van der Waals surface area contributed by atoms with Gasteiger partial charge in [0.1, 0.15) is 17.2 Å². The minimum Gasteiger partial charge on any atom is -0.370 e. The zero-order chi connectivity index (χ0) is 25.4. The van der Waals surface area contributed by atoms with E-state index < -0.39 is 22.8 Å². The van der Waals surface area contributed by atoms with Crippen LogP contribution in [-0.2, 0) is 20.7 Å². The summed E-state index contributed by atoms with van der Waals surface area (Å²) in [5, 5.41) is 0. The summed E-state index contributed by atoms with van der Waals surface area (Å²) in [6.07, 6.45) is 2.46. The maximum atomic E-state index is 13.6. The van der Waals surface area contributed by atoms with Crippen LogP contribution < -0.4 is 0 Å². The van der Waals surface area contributed by atoms with Crippen LogP contribution in [0.1, 0.15) is 48.4 Å². The monoisotopic (exact) mass is 486 g/mol. The van der Waals surface area contributed by atoms with Gasteiger partial charge in [-0.2, -0.15) is 0 Å². The van der Waals surface area contributed by atoms with Crippen molar-refractivity contribution >= 4 is 0 Å². The largest absolute Gasteiger partial charge is 0.370 e. The topological polar surface area (TPSA) is 18.5 Å². The molecule has 1 saturated heterocycles. The molecule has 36 heavy (non-hydrogen) atoms. The molecule has 1 heterocycles. The van der Waals surface area contributed by atoms with Crippen molar-refractivity contribution in [2.75, 3.05) is 13.7 Å². The molecule has 0 aromatic heterocycles. The Morgan fingerprint density at radius 1 is 0.778 bits per heavy atom. The summed E-state index contributed by atoms with van der Waals surface area (Å²) < 4.78 is 38.1.